The van der Waals surface area contributed by atoms with Gasteiger partial charge in [0.25, 0.3) is 0 Å². The lowest BCUT2D eigenvalue weighted by atomic mass is 10.1. The van der Waals surface area contributed by atoms with E-state index in [-0.39, 0.29) is 6.04 Å². The number of aromatic nitrogens is 4. The molecule has 1 aromatic carbocycles. The normalized spacial score (nSPS) is 12.2. The first-order valence-corrected chi connectivity index (χ1v) is 9.50. The number of pyridine rings is 1. The fourth-order valence-corrected chi connectivity index (χ4v) is 3.65. The Labute approximate surface area is 161 Å². The molecule has 0 aliphatic heterocycles. The average molecular weight is 377 g/mol. The summed E-state index contributed by atoms with van der Waals surface area (Å²) in [5, 5.41) is 8.51. The molecule has 4 aromatic rings. The van der Waals surface area contributed by atoms with E-state index in [9.17, 15) is 0 Å². The second-order valence-corrected chi connectivity index (χ2v) is 7.36. The molecular weight excluding hydrogens is 358 g/mol. The molecule has 0 saturated carbocycles. The summed E-state index contributed by atoms with van der Waals surface area (Å²) in [6.45, 7) is 4.80. The van der Waals surface area contributed by atoms with E-state index < -0.39 is 0 Å². The van der Waals surface area contributed by atoms with Crippen LogP contribution >= 0.6 is 11.3 Å². The summed E-state index contributed by atoms with van der Waals surface area (Å²) in [6.07, 6.45) is 5.34. The van der Waals surface area contributed by atoms with Crippen LogP contribution in [0, 0.1) is 6.92 Å². The van der Waals surface area contributed by atoms with Gasteiger partial charge in [0.05, 0.1) is 6.04 Å². The van der Waals surface area contributed by atoms with Crippen LogP contribution in [0.1, 0.15) is 29.3 Å². The Balaban J connectivity index is 1.41. The van der Waals surface area contributed by atoms with Gasteiger partial charge in [-0.2, -0.15) is 4.98 Å². The van der Waals surface area contributed by atoms with E-state index in [1.54, 1.807) is 23.7 Å². The van der Waals surface area contributed by atoms with E-state index in [1.807, 2.05) is 37.4 Å². The molecule has 0 amide bonds. The SMILES string of the molecule is Cc1ccccc1-c1ncc(CNC(C)c2nc(-c3ccncc3)no2)s1. The van der Waals surface area contributed by atoms with E-state index in [1.165, 1.54) is 11.1 Å². The largest absolute Gasteiger partial charge is 0.337 e. The molecule has 1 unspecified atom stereocenters. The number of nitrogens with one attached hydrogen (secondary N) is 1. The Morgan fingerprint density at radius 3 is 2.78 bits per heavy atom. The highest BCUT2D eigenvalue weighted by atomic mass is 32.1. The summed E-state index contributed by atoms with van der Waals surface area (Å²) in [5.74, 6) is 1.13. The predicted molar refractivity (Wildman–Crippen MR) is 105 cm³/mol. The van der Waals surface area contributed by atoms with E-state index >= 15 is 0 Å². The zero-order valence-corrected chi connectivity index (χ0v) is 15.9. The lowest BCUT2D eigenvalue weighted by Crippen LogP contribution is -2.17. The monoisotopic (exact) mass is 377 g/mol. The first kappa shape index (κ1) is 17.5. The van der Waals surface area contributed by atoms with Crippen LogP contribution in [0.4, 0.5) is 0 Å². The summed E-state index contributed by atoms with van der Waals surface area (Å²) in [4.78, 5) is 14.2. The lowest BCUT2D eigenvalue weighted by molar-refractivity contribution is 0.339. The van der Waals surface area contributed by atoms with Crippen LogP contribution in [0.5, 0.6) is 0 Å². The molecule has 6 nitrogen and oxygen atoms in total. The number of hydrogen-bond donors (Lipinski definition) is 1. The number of benzene rings is 1. The van der Waals surface area contributed by atoms with Gasteiger partial charge in [0.15, 0.2) is 0 Å². The molecule has 0 fully saturated rings. The highest BCUT2D eigenvalue weighted by Gasteiger charge is 2.15. The highest BCUT2D eigenvalue weighted by Crippen LogP contribution is 2.28. The molecule has 7 heteroatoms. The predicted octanol–water partition coefficient (Wildman–Crippen LogP) is 4.41. The standard InChI is InChI=1S/C20H19N5OS/c1-13-5-3-4-6-17(13)20-23-12-16(27-20)11-22-14(2)19-24-18(25-26-19)15-7-9-21-10-8-15/h3-10,12,14,22H,11H2,1-2H3. The van der Waals surface area contributed by atoms with Gasteiger partial charge in [-0.3, -0.25) is 4.98 Å². The highest BCUT2D eigenvalue weighted by molar-refractivity contribution is 7.15. The maximum Gasteiger partial charge on any atom is 0.243 e. The van der Waals surface area contributed by atoms with Crippen molar-refractivity contribution in [3.05, 3.63) is 71.3 Å². The summed E-state index contributed by atoms with van der Waals surface area (Å²) >= 11 is 1.69. The first-order valence-electron chi connectivity index (χ1n) is 8.69. The number of aryl methyl sites for hydroxylation is 1. The van der Waals surface area contributed by atoms with Crippen LogP contribution in [-0.4, -0.2) is 20.1 Å². The quantitative estimate of drug-likeness (QED) is 0.536. The maximum absolute atomic E-state index is 5.40. The third-order valence-corrected chi connectivity index (χ3v) is 5.29. The minimum atomic E-state index is -0.0582. The number of thiazole rings is 1. The third-order valence-electron chi connectivity index (χ3n) is 4.26. The van der Waals surface area contributed by atoms with Gasteiger partial charge in [0.1, 0.15) is 5.01 Å². The zero-order valence-electron chi connectivity index (χ0n) is 15.1. The van der Waals surface area contributed by atoms with Crippen LogP contribution in [0.2, 0.25) is 0 Å². The van der Waals surface area contributed by atoms with Gasteiger partial charge >= 0.3 is 0 Å². The van der Waals surface area contributed by atoms with Crippen molar-refractivity contribution in [2.24, 2.45) is 0 Å². The molecule has 0 aliphatic rings. The van der Waals surface area contributed by atoms with Crippen molar-refractivity contribution in [1.82, 2.24) is 25.4 Å². The summed E-state index contributed by atoms with van der Waals surface area (Å²) in [7, 11) is 0. The second kappa shape index (κ2) is 7.77. The molecule has 0 aliphatic carbocycles. The second-order valence-electron chi connectivity index (χ2n) is 6.24. The molecule has 4 rings (SSSR count). The van der Waals surface area contributed by atoms with Crippen LogP contribution in [-0.2, 0) is 6.54 Å². The molecule has 1 atom stereocenters. The third kappa shape index (κ3) is 3.94. The van der Waals surface area contributed by atoms with Crippen LogP contribution in [0.3, 0.4) is 0 Å². The van der Waals surface area contributed by atoms with Gasteiger partial charge in [-0.05, 0) is 31.5 Å². The Kier molecular flexibility index (Phi) is 5.04. The van der Waals surface area contributed by atoms with Gasteiger partial charge in [-0.15, -0.1) is 11.3 Å². The molecule has 1 N–H and O–H groups in total. The van der Waals surface area contributed by atoms with Crippen LogP contribution < -0.4 is 5.32 Å². The van der Waals surface area contributed by atoms with Crippen molar-refractivity contribution in [3.63, 3.8) is 0 Å². The zero-order chi connectivity index (χ0) is 18.6. The van der Waals surface area contributed by atoms with E-state index in [2.05, 4.69) is 44.5 Å². The summed E-state index contributed by atoms with van der Waals surface area (Å²) < 4.78 is 5.40. The molecule has 3 heterocycles. The van der Waals surface area contributed by atoms with Crippen molar-refractivity contribution in [1.29, 1.82) is 0 Å². The first-order chi connectivity index (χ1) is 13.2. The topological polar surface area (TPSA) is 76.7 Å². The van der Waals surface area contributed by atoms with E-state index in [0.29, 0.717) is 18.3 Å². The fourth-order valence-electron chi connectivity index (χ4n) is 2.70. The molecule has 0 spiro atoms. The van der Waals surface area contributed by atoms with Crippen molar-refractivity contribution < 1.29 is 4.52 Å². The minimum Gasteiger partial charge on any atom is -0.337 e. The molecule has 0 saturated heterocycles. The summed E-state index contributed by atoms with van der Waals surface area (Å²) in [5.41, 5.74) is 3.30. The van der Waals surface area contributed by atoms with E-state index in [4.69, 9.17) is 4.52 Å². The average Bonchev–Trinajstić information content (AvgIpc) is 3.37. The van der Waals surface area contributed by atoms with Crippen molar-refractivity contribution in [3.8, 4) is 22.0 Å². The Hall–Kier alpha value is -2.90. The Bertz CT molecular complexity index is 1030. The molecular formula is C20H19N5OS. The van der Waals surface area contributed by atoms with Crippen molar-refractivity contribution in [2.45, 2.75) is 26.4 Å². The van der Waals surface area contributed by atoms with E-state index in [0.717, 1.165) is 15.4 Å². The van der Waals surface area contributed by atoms with Crippen molar-refractivity contribution in [2.75, 3.05) is 0 Å². The van der Waals surface area contributed by atoms with Gasteiger partial charge < -0.3 is 9.84 Å². The molecule has 0 radical (unpaired) electrons. The summed E-state index contributed by atoms with van der Waals surface area (Å²) in [6, 6.07) is 12.0. The Morgan fingerprint density at radius 2 is 1.96 bits per heavy atom. The minimum absolute atomic E-state index is 0.0582. The molecule has 3 aromatic heterocycles. The number of hydrogen-bond acceptors (Lipinski definition) is 7. The smallest absolute Gasteiger partial charge is 0.243 e. The molecule has 0 bridgehead atoms. The van der Waals surface area contributed by atoms with Crippen LogP contribution in [0.25, 0.3) is 22.0 Å². The fraction of sp³-hybridized carbons (Fsp3) is 0.200. The van der Waals surface area contributed by atoms with Gasteiger partial charge in [0, 0.05) is 41.1 Å². The lowest BCUT2D eigenvalue weighted by Gasteiger charge is -2.07. The molecule has 136 valence electrons. The number of rotatable bonds is 6. The maximum atomic E-state index is 5.40. The molecule has 27 heavy (non-hydrogen) atoms. The van der Waals surface area contributed by atoms with Crippen molar-refractivity contribution >= 4 is 11.3 Å². The van der Waals surface area contributed by atoms with Gasteiger partial charge in [-0.25, -0.2) is 4.98 Å². The van der Waals surface area contributed by atoms with Crippen LogP contribution in [0.15, 0.2) is 59.5 Å². The van der Waals surface area contributed by atoms with Gasteiger partial charge in [0.2, 0.25) is 11.7 Å². The number of nitrogens with zero attached hydrogens (tertiary/aromatic N) is 4. The van der Waals surface area contributed by atoms with Gasteiger partial charge in [-0.1, -0.05) is 29.4 Å². The Morgan fingerprint density at radius 1 is 1.15 bits per heavy atom.